The summed E-state index contributed by atoms with van der Waals surface area (Å²) in [6, 6.07) is 22.5. The van der Waals surface area contributed by atoms with Gasteiger partial charge in [0.2, 0.25) is 11.8 Å². The molecule has 4 atom stereocenters. The summed E-state index contributed by atoms with van der Waals surface area (Å²) in [4.78, 5) is 47.3. The summed E-state index contributed by atoms with van der Waals surface area (Å²) >= 11 is 0. The molecule has 13 heteroatoms. The zero-order valence-electron chi connectivity index (χ0n) is 29.7. The first kappa shape index (κ1) is 36.0. The number of rotatable bonds is 6. The maximum absolute atomic E-state index is 14.2. The van der Waals surface area contributed by atoms with Crippen LogP contribution < -0.4 is 24.8 Å². The molecule has 0 spiro atoms. The van der Waals surface area contributed by atoms with Gasteiger partial charge in [-0.3, -0.25) is 14.4 Å². The maximum Gasteiger partial charge on any atom is 0.266 e. The van der Waals surface area contributed by atoms with Crippen LogP contribution in [0, 0.1) is 5.92 Å². The number of para-hydroxylation sites is 1. The molecule has 2 fully saturated rings. The lowest BCUT2D eigenvalue weighted by Crippen LogP contribution is -2.56. The molecule has 7 rings (SSSR count). The van der Waals surface area contributed by atoms with Crippen molar-refractivity contribution in [2.45, 2.75) is 68.0 Å². The first-order valence-corrected chi connectivity index (χ1v) is 19.4. The molecular weight excluding hydrogens is 695 g/mol. The minimum Gasteiger partial charge on any atom is -0.497 e. The highest BCUT2D eigenvalue weighted by molar-refractivity contribution is 7.90. The van der Waals surface area contributed by atoms with Crippen LogP contribution in [0.4, 0.5) is 5.69 Å². The first-order valence-electron chi connectivity index (χ1n) is 17.9. The molecule has 3 aliphatic rings. The van der Waals surface area contributed by atoms with E-state index in [1.54, 1.807) is 25.3 Å². The van der Waals surface area contributed by atoms with Crippen LogP contribution in [0.15, 0.2) is 95.9 Å². The van der Waals surface area contributed by atoms with Gasteiger partial charge in [-0.25, -0.2) is 18.1 Å². The number of carbonyl (C=O) groups is 3. The molecule has 1 aromatic heterocycles. The van der Waals surface area contributed by atoms with Crippen molar-refractivity contribution in [3.05, 3.63) is 91.0 Å². The zero-order valence-corrected chi connectivity index (χ0v) is 30.5. The normalized spacial score (nSPS) is 24.6. The molecule has 0 bridgehead atoms. The van der Waals surface area contributed by atoms with E-state index in [0.29, 0.717) is 34.9 Å². The van der Waals surface area contributed by atoms with Crippen molar-refractivity contribution < 1.29 is 32.3 Å². The second kappa shape index (κ2) is 14.9. The number of pyridine rings is 1. The Morgan fingerprint density at radius 2 is 1.79 bits per heavy atom. The average Bonchev–Trinajstić information content (AvgIpc) is 3.68. The van der Waals surface area contributed by atoms with E-state index < -0.39 is 45.4 Å². The zero-order chi connectivity index (χ0) is 37.2. The highest BCUT2D eigenvalue weighted by Crippen LogP contribution is 2.46. The fourth-order valence-electron chi connectivity index (χ4n) is 7.26. The number of hydrogen-bond acceptors (Lipinski definition) is 9. The molecule has 1 aliphatic carbocycles. The summed E-state index contributed by atoms with van der Waals surface area (Å²) in [7, 11) is -2.71. The van der Waals surface area contributed by atoms with Gasteiger partial charge < -0.3 is 25.0 Å². The number of methoxy groups -OCH3 is 1. The van der Waals surface area contributed by atoms with Crippen LogP contribution in [0.2, 0.25) is 0 Å². The van der Waals surface area contributed by atoms with Crippen LogP contribution in [0.25, 0.3) is 22.2 Å². The fraction of sp³-hybridized carbons (Fsp3) is 0.350. The topological polar surface area (TPSA) is 156 Å². The third-order valence-electron chi connectivity index (χ3n) is 10.2. The SMILES string of the molecule is COc1ccc2c(O[C@@H]3C[C@@H](C(=O)N[C@]45C[C@H]4/C=C\CCCCCNc4ccccc4S(=O)(=O)NC5=O)N(C(C)=O)C3)cc(-c3ccccc3)nc2c1. The van der Waals surface area contributed by atoms with Crippen LogP contribution in [0.1, 0.15) is 45.4 Å². The summed E-state index contributed by atoms with van der Waals surface area (Å²) < 4.78 is 41.5. The number of likely N-dealkylation sites (tertiary alicyclic amines) is 1. The molecular formula is C40H43N5O7S. The number of carbonyl (C=O) groups excluding carboxylic acids is 3. The second-order valence-corrected chi connectivity index (χ2v) is 15.5. The Bertz CT molecular complexity index is 2180. The average molecular weight is 738 g/mol. The molecule has 4 aromatic rings. The number of aromatic nitrogens is 1. The predicted octanol–water partition coefficient (Wildman–Crippen LogP) is 5.20. The van der Waals surface area contributed by atoms with Gasteiger partial charge in [0.1, 0.15) is 34.1 Å². The Kier molecular flexibility index (Phi) is 10.1. The van der Waals surface area contributed by atoms with E-state index in [1.807, 2.05) is 66.7 Å². The van der Waals surface area contributed by atoms with Gasteiger partial charge in [0.05, 0.1) is 30.6 Å². The van der Waals surface area contributed by atoms with E-state index in [0.717, 1.165) is 36.6 Å². The van der Waals surface area contributed by atoms with Crippen LogP contribution in [-0.4, -0.2) is 73.9 Å². The Morgan fingerprint density at radius 1 is 1.00 bits per heavy atom. The van der Waals surface area contributed by atoms with Gasteiger partial charge in [0, 0.05) is 48.9 Å². The van der Waals surface area contributed by atoms with Crippen LogP contribution in [-0.2, 0) is 24.4 Å². The molecule has 1 saturated heterocycles. The van der Waals surface area contributed by atoms with E-state index in [1.165, 1.54) is 17.9 Å². The molecule has 3 amide bonds. The number of amides is 3. The van der Waals surface area contributed by atoms with E-state index in [2.05, 4.69) is 15.4 Å². The molecule has 276 valence electrons. The second-order valence-electron chi connectivity index (χ2n) is 13.8. The minimum atomic E-state index is -4.30. The fourth-order valence-corrected chi connectivity index (χ4v) is 8.49. The van der Waals surface area contributed by atoms with E-state index in [4.69, 9.17) is 14.5 Å². The van der Waals surface area contributed by atoms with Gasteiger partial charge in [0.15, 0.2) is 0 Å². The molecule has 3 N–H and O–H groups in total. The number of sulfonamides is 1. The lowest BCUT2D eigenvalue weighted by molar-refractivity contribution is -0.138. The molecule has 0 radical (unpaired) electrons. The smallest absolute Gasteiger partial charge is 0.266 e. The molecule has 12 nitrogen and oxygen atoms in total. The summed E-state index contributed by atoms with van der Waals surface area (Å²) in [6.07, 6.45) is 7.21. The van der Waals surface area contributed by atoms with Crippen LogP contribution in [0.3, 0.4) is 0 Å². The molecule has 0 unspecified atom stereocenters. The van der Waals surface area contributed by atoms with Crippen molar-refractivity contribution in [2.75, 3.05) is 25.5 Å². The van der Waals surface area contributed by atoms with Crippen LogP contribution >= 0.6 is 0 Å². The summed E-state index contributed by atoms with van der Waals surface area (Å²) in [6.45, 7) is 2.11. The summed E-state index contributed by atoms with van der Waals surface area (Å²) in [5, 5.41) is 6.83. The van der Waals surface area contributed by atoms with Gasteiger partial charge in [-0.1, -0.05) is 61.0 Å². The quantitative estimate of drug-likeness (QED) is 0.227. The number of hydrogen-bond donors (Lipinski definition) is 3. The van der Waals surface area contributed by atoms with Crippen molar-refractivity contribution in [2.24, 2.45) is 5.92 Å². The van der Waals surface area contributed by atoms with Crippen molar-refractivity contribution in [1.29, 1.82) is 0 Å². The Hall–Kier alpha value is -5.43. The lowest BCUT2D eigenvalue weighted by Gasteiger charge is -2.25. The number of benzene rings is 3. The number of fused-ring (bicyclic) bond motifs is 3. The molecule has 53 heavy (non-hydrogen) atoms. The van der Waals surface area contributed by atoms with Gasteiger partial charge >= 0.3 is 0 Å². The first-order chi connectivity index (χ1) is 25.6. The maximum atomic E-state index is 14.2. The minimum absolute atomic E-state index is 0.0477. The standard InChI is InChI=1S/C40H43N5O7S/c1-26(46)45-25-30(52-36-23-33(27-13-7-6-8-14-27)42-34-21-29(51-2)18-19-31(34)36)22-35(45)38(47)43-40-24-28(40)15-9-4-3-5-12-20-41-32-16-10-11-17-37(32)53(49,50)44-39(40)48/h6-11,13-19,21,23,28,30,35,41H,3-5,12,20,22,24-25H2,1-2H3,(H,43,47)(H,44,48)/b15-9-/t28-,30-,35+,40-/m1/s1. The molecule has 3 heterocycles. The van der Waals surface area contributed by atoms with Crippen molar-refractivity contribution in [3.63, 3.8) is 0 Å². The van der Waals surface area contributed by atoms with Gasteiger partial charge in [-0.15, -0.1) is 0 Å². The van der Waals surface area contributed by atoms with Gasteiger partial charge in [0.25, 0.3) is 15.9 Å². The van der Waals surface area contributed by atoms with Gasteiger partial charge in [-0.2, -0.15) is 0 Å². The van der Waals surface area contributed by atoms with E-state index in [-0.39, 0.29) is 30.2 Å². The number of anilines is 1. The number of nitrogens with one attached hydrogen (secondary N) is 3. The Balaban J connectivity index is 1.15. The Labute approximate surface area is 309 Å². The Morgan fingerprint density at radius 3 is 2.58 bits per heavy atom. The highest BCUT2D eigenvalue weighted by Gasteiger charge is 2.61. The van der Waals surface area contributed by atoms with E-state index >= 15 is 0 Å². The lowest BCUT2D eigenvalue weighted by atomic mass is 10.1. The molecule has 1 saturated carbocycles. The largest absolute Gasteiger partial charge is 0.497 e. The summed E-state index contributed by atoms with van der Waals surface area (Å²) in [5.41, 5.74) is 1.13. The highest BCUT2D eigenvalue weighted by atomic mass is 32.2. The number of nitrogens with zero attached hydrogens (tertiary/aromatic N) is 2. The molecule has 2 aliphatic heterocycles. The third kappa shape index (κ3) is 7.57. The number of allylic oxidation sites excluding steroid dienone is 1. The van der Waals surface area contributed by atoms with E-state index in [9.17, 15) is 22.8 Å². The predicted molar refractivity (Wildman–Crippen MR) is 201 cm³/mol. The van der Waals surface area contributed by atoms with Crippen LogP contribution in [0.5, 0.6) is 11.5 Å². The van der Waals surface area contributed by atoms with Crippen molar-refractivity contribution in [3.8, 4) is 22.8 Å². The molecule has 3 aromatic carbocycles. The monoisotopic (exact) mass is 737 g/mol. The van der Waals surface area contributed by atoms with Crippen molar-refractivity contribution in [1.82, 2.24) is 19.9 Å². The third-order valence-corrected chi connectivity index (χ3v) is 11.6. The number of ether oxygens (including phenoxy) is 2. The summed E-state index contributed by atoms with van der Waals surface area (Å²) in [5.74, 6) is -0.940. The van der Waals surface area contributed by atoms with Gasteiger partial charge in [-0.05, 0) is 49.9 Å². The van der Waals surface area contributed by atoms with Crippen molar-refractivity contribution >= 4 is 44.3 Å².